The second-order valence-electron chi connectivity index (χ2n) is 8.90. The zero-order valence-electron chi connectivity index (χ0n) is 21.8. The van der Waals surface area contributed by atoms with Crippen molar-refractivity contribution in [1.29, 1.82) is 0 Å². The van der Waals surface area contributed by atoms with Gasteiger partial charge in [0.1, 0.15) is 10.0 Å². The molecule has 39 heavy (non-hydrogen) atoms. The zero-order chi connectivity index (χ0) is 27.7. The Morgan fingerprint density at radius 1 is 1.08 bits per heavy atom. The van der Waals surface area contributed by atoms with Crippen LogP contribution < -0.4 is 5.32 Å². The number of hydrogen-bond donors (Lipinski definition) is 1. The number of para-hydroxylation sites is 1. The van der Waals surface area contributed by atoms with E-state index in [2.05, 4.69) is 5.32 Å². The van der Waals surface area contributed by atoms with Crippen LogP contribution in [-0.4, -0.2) is 61.4 Å². The van der Waals surface area contributed by atoms with Crippen molar-refractivity contribution in [3.63, 3.8) is 0 Å². The minimum atomic E-state index is -3.62. The van der Waals surface area contributed by atoms with E-state index in [1.165, 1.54) is 47.0 Å². The topological polar surface area (TPSA) is 109 Å². The van der Waals surface area contributed by atoms with Gasteiger partial charge in [-0.1, -0.05) is 26.0 Å². The van der Waals surface area contributed by atoms with Crippen LogP contribution >= 0.6 is 22.7 Å². The van der Waals surface area contributed by atoms with Gasteiger partial charge < -0.3 is 15.0 Å². The second kappa shape index (κ2) is 11.0. The van der Waals surface area contributed by atoms with Gasteiger partial charge in [0.2, 0.25) is 10.0 Å². The molecule has 0 spiro atoms. The van der Waals surface area contributed by atoms with E-state index in [9.17, 15) is 18.0 Å². The molecule has 0 aliphatic carbocycles. The molecule has 9 nitrogen and oxygen atoms in total. The minimum Gasteiger partial charge on any atom is -0.453 e. The first kappa shape index (κ1) is 27.3. The van der Waals surface area contributed by atoms with Crippen LogP contribution in [0.2, 0.25) is 0 Å². The van der Waals surface area contributed by atoms with Crippen molar-refractivity contribution in [3.05, 3.63) is 64.5 Å². The van der Waals surface area contributed by atoms with E-state index in [1.54, 1.807) is 30.1 Å². The fourth-order valence-corrected chi connectivity index (χ4v) is 8.47. The third kappa shape index (κ3) is 5.17. The molecular formula is C27H28N4O5S3. The number of thiophene rings is 1. The monoisotopic (exact) mass is 584 g/mol. The molecule has 3 heterocycles. The van der Waals surface area contributed by atoms with Gasteiger partial charge in [0.05, 0.1) is 28.8 Å². The number of aromatic nitrogens is 1. The van der Waals surface area contributed by atoms with Crippen LogP contribution in [0.1, 0.15) is 34.6 Å². The lowest BCUT2D eigenvalue weighted by Gasteiger charge is -2.25. The molecule has 0 unspecified atom stereocenters. The van der Waals surface area contributed by atoms with Crippen molar-refractivity contribution < 1.29 is 22.7 Å². The number of carbonyl (C=O) groups excluding carboxylic acids is 2. The van der Waals surface area contributed by atoms with Crippen LogP contribution in [0.3, 0.4) is 0 Å². The highest BCUT2D eigenvalue weighted by atomic mass is 32.2. The van der Waals surface area contributed by atoms with E-state index < -0.39 is 10.0 Å². The Morgan fingerprint density at radius 3 is 2.46 bits per heavy atom. The van der Waals surface area contributed by atoms with Gasteiger partial charge >= 0.3 is 6.09 Å². The van der Waals surface area contributed by atoms with Crippen LogP contribution in [0.4, 0.5) is 9.80 Å². The van der Waals surface area contributed by atoms with Crippen molar-refractivity contribution in [2.75, 3.05) is 32.1 Å². The van der Waals surface area contributed by atoms with E-state index in [4.69, 9.17) is 9.72 Å². The van der Waals surface area contributed by atoms with E-state index in [1.807, 2.05) is 24.3 Å². The molecule has 0 saturated carbocycles. The van der Waals surface area contributed by atoms with E-state index in [0.29, 0.717) is 43.2 Å². The third-order valence-electron chi connectivity index (χ3n) is 6.68. The maximum Gasteiger partial charge on any atom is 0.409 e. The number of nitrogens with one attached hydrogen (secondary N) is 1. The Labute approximate surface area is 235 Å². The summed E-state index contributed by atoms with van der Waals surface area (Å²) in [7, 11) is -2.26. The standard InChI is InChI=1S/C27H28N4O5S3/c1-4-31(5-2)39(34,35)18-12-10-17(11-13-18)24(32)29-26-23(25-28-20-8-6-7-9-21(20)37-25)19-14-15-30(27(33)36-3)16-22(19)38-26/h6-13H,4-5,14-16H2,1-3H3,(H,29,32). The van der Waals surface area contributed by atoms with Gasteiger partial charge in [-0.3, -0.25) is 4.79 Å². The van der Waals surface area contributed by atoms with E-state index in [0.717, 1.165) is 31.2 Å². The number of anilines is 1. The Morgan fingerprint density at radius 2 is 1.79 bits per heavy atom. The molecule has 1 N–H and O–H groups in total. The molecule has 4 aromatic rings. The highest BCUT2D eigenvalue weighted by molar-refractivity contribution is 7.89. The van der Waals surface area contributed by atoms with Gasteiger partial charge in [0.15, 0.2) is 0 Å². The molecular weight excluding hydrogens is 557 g/mol. The molecule has 2 amide bonds. The fourth-order valence-electron chi connectivity index (χ4n) is 4.65. The molecule has 0 saturated heterocycles. The summed E-state index contributed by atoms with van der Waals surface area (Å²) >= 11 is 2.98. The van der Waals surface area contributed by atoms with Gasteiger partial charge in [-0.05, 0) is 48.4 Å². The highest BCUT2D eigenvalue weighted by Gasteiger charge is 2.30. The van der Waals surface area contributed by atoms with Gasteiger partial charge in [-0.2, -0.15) is 4.31 Å². The van der Waals surface area contributed by atoms with Crippen molar-refractivity contribution in [2.45, 2.75) is 31.7 Å². The van der Waals surface area contributed by atoms with Gasteiger partial charge in [-0.15, -0.1) is 22.7 Å². The van der Waals surface area contributed by atoms with Crippen LogP contribution in [0.25, 0.3) is 20.8 Å². The lowest BCUT2D eigenvalue weighted by atomic mass is 10.0. The van der Waals surface area contributed by atoms with Crippen LogP contribution in [0.5, 0.6) is 0 Å². The SMILES string of the molecule is CCN(CC)S(=O)(=O)c1ccc(C(=O)Nc2sc3c(c2-c2nc4ccccc4s2)CCN(C(=O)OC)C3)cc1. The average Bonchev–Trinajstić information content (AvgIpc) is 3.53. The molecule has 1 aliphatic rings. The average molecular weight is 585 g/mol. The Bertz CT molecular complexity index is 1610. The summed E-state index contributed by atoms with van der Waals surface area (Å²) in [6.07, 6.45) is 0.223. The summed E-state index contributed by atoms with van der Waals surface area (Å²) in [5.41, 5.74) is 3.16. The minimum absolute atomic E-state index is 0.146. The summed E-state index contributed by atoms with van der Waals surface area (Å²) in [5.74, 6) is -0.354. The lowest BCUT2D eigenvalue weighted by Crippen LogP contribution is -2.35. The zero-order valence-corrected chi connectivity index (χ0v) is 24.2. The predicted octanol–water partition coefficient (Wildman–Crippen LogP) is 5.43. The summed E-state index contributed by atoms with van der Waals surface area (Å²) in [5, 5.41) is 4.49. The maximum absolute atomic E-state index is 13.3. The van der Waals surface area contributed by atoms with Crippen molar-refractivity contribution in [2.24, 2.45) is 0 Å². The number of thiazole rings is 1. The number of fused-ring (bicyclic) bond motifs is 2. The summed E-state index contributed by atoms with van der Waals surface area (Å²) in [4.78, 5) is 33.1. The van der Waals surface area contributed by atoms with Crippen LogP contribution in [0, 0.1) is 0 Å². The molecule has 2 aromatic carbocycles. The highest BCUT2D eigenvalue weighted by Crippen LogP contribution is 2.46. The number of carbonyl (C=O) groups is 2. The Hall–Kier alpha value is -3.32. The van der Waals surface area contributed by atoms with E-state index in [-0.39, 0.29) is 16.9 Å². The van der Waals surface area contributed by atoms with E-state index >= 15 is 0 Å². The van der Waals surface area contributed by atoms with Crippen LogP contribution in [0.15, 0.2) is 53.4 Å². The molecule has 0 atom stereocenters. The molecule has 0 radical (unpaired) electrons. The fraction of sp³-hybridized carbons (Fsp3) is 0.296. The molecule has 204 valence electrons. The second-order valence-corrected chi connectivity index (χ2v) is 13.0. The first-order chi connectivity index (χ1) is 18.8. The largest absolute Gasteiger partial charge is 0.453 e. The molecule has 1 aliphatic heterocycles. The smallest absolute Gasteiger partial charge is 0.409 e. The summed E-state index contributed by atoms with van der Waals surface area (Å²) in [6.45, 7) is 5.20. The van der Waals surface area contributed by atoms with Crippen LogP contribution in [-0.2, 0) is 27.7 Å². The molecule has 5 rings (SSSR count). The first-order valence-corrected chi connectivity index (χ1v) is 15.6. The number of sulfonamides is 1. The summed E-state index contributed by atoms with van der Waals surface area (Å²) < 4.78 is 33.0. The lowest BCUT2D eigenvalue weighted by molar-refractivity contribution is 0.102. The Balaban J connectivity index is 1.49. The quantitative estimate of drug-likeness (QED) is 0.310. The molecule has 2 aromatic heterocycles. The van der Waals surface area contributed by atoms with Gasteiger partial charge in [0, 0.05) is 35.6 Å². The third-order valence-corrected chi connectivity index (χ3v) is 10.9. The molecule has 0 fully saturated rings. The maximum atomic E-state index is 13.3. The van der Waals surface area contributed by atoms with Crippen molar-refractivity contribution in [3.8, 4) is 10.6 Å². The number of benzene rings is 2. The normalized spacial score (nSPS) is 13.5. The number of amides is 2. The number of ether oxygens (including phenoxy) is 1. The Kier molecular flexibility index (Phi) is 7.72. The predicted molar refractivity (Wildman–Crippen MR) is 154 cm³/mol. The van der Waals surface area contributed by atoms with Gasteiger partial charge in [-0.25, -0.2) is 18.2 Å². The van der Waals surface area contributed by atoms with Crippen molar-refractivity contribution in [1.82, 2.24) is 14.2 Å². The number of nitrogens with zero attached hydrogens (tertiary/aromatic N) is 3. The number of methoxy groups -OCH3 is 1. The first-order valence-electron chi connectivity index (χ1n) is 12.5. The summed E-state index contributed by atoms with van der Waals surface area (Å²) in [6, 6.07) is 13.9. The van der Waals surface area contributed by atoms with Crippen molar-refractivity contribution >= 4 is 59.9 Å². The number of hydrogen-bond acceptors (Lipinski definition) is 8. The van der Waals surface area contributed by atoms with Gasteiger partial charge in [0.25, 0.3) is 5.91 Å². The number of rotatable bonds is 7. The molecule has 0 bridgehead atoms. The molecule has 12 heteroatoms.